The number of amides is 1. The summed E-state index contributed by atoms with van der Waals surface area (Å²) < 4.78 is 5.67. The molecular formula is C18H22N2O3S. The molecule has 0 fully saturated rings. The Morgan fingerprint density at radius 1 is 1.38 bits per heavy atom. The highest BCUT2D eigenvalue weighted by Gasteiger charge is 2.18. The van der Waals surface area contributed by atoms with Crippen molar-refractivity contribution in [2.75, 3.05) is 20.7 Å². The monoisotopic (exact) mass is 346 g/mol. The van der Waals surface area contributed by atoms with Gasteiger partial charge in [-0.15, -0.1) is 11.3 Å². The van der Waals surface area contributed by atoms with Crippen LogP contribution in [0.15, 0.2) is 18.2 Å². The van der Waals surface area contributed by atoms with E-state index in [9.17, 15) is 9.59 Å². The van der Waals surface area contributed by atoms with Crippen molar-refractivity contribution in [1.82, 2.24) is 9.88 Å². The van der Waals surface area contributed by atoms with Crippen molar-refractivity contribution >= 4 is 23.5 Å². The van der Waals surface area contributed by atoms with Gasteiger partial charge in [-0.3, -0.25) is 9.59 Å². The van der Waals surface area contributed by atoms with E-state index in [0.717, 1.165) is 16.9 Å². The Balaban J connectivity index is 2.34. The molecule has 0 N–H and O–H groups in total. The molecule has 2 rings (SSSR count). The largest absolute Gasteiger partial charge is 0.493 e. The van der Waals surface area contributed by atoms with Crippen LogP contribution in [0.25, 0.3) is 10.6 Å². The molecule has 128 valence electrons. The molecule has 5 nitrogen and oxygen atoms in total. The van der Waals surface area contributed by atoms with Crippen molar-refractivity contribution in [1.29, 1.82) is 0 Å². The van der Waals surface area contributed by atoms with Gasteiger partial charge in [0.1, 0.15) is 15.6 Å². The number of aryl methyl sites for hydroxylation is 1. The normalized spacial score (nSPS) is 10.8. The highest BCUT2D eigenvalue weighted by atomic mass is 32.1. The van der Waals surface area contributed by atoms with Crippen LogP contribution < -0.4 is 4.74 Å². The van der Waals surface area contributed by atoms with Crippen molar-refractivity contribution in [3.05, 3.63) is 34.3 Å². The maximum atomic E-state index is 12.2. The number of thiazole rings is 1. The van der Waals surface area contributed by atoms with Crippen LogP contribution in [0.4, 0.5) is 0 Å². The molecule has 6 heteroatoms. The topological polar surface area (TPSA) is 59.5 Å². The van der Waals surface area contributed by atoms with Crippen molar-refractivity contribution in [2.24, 2.45) is 5.92 Å². The van der Waals surface area contributed by atoms with E-state index >= 15 is 0 Å². The summed E-state index contributed by atoms with van der Waals surface area (Å²) in [6.45, 7) is 6.47. The van der Waals surface area contributed by atoms with Crippen LogP contribution >= 0.6 is 11.3 Å². The molecule has 0 aliphatic carbocycles. The van der Waals surface area contributed by atoms with Gasteiger partial charge in [0.15, 0.2) is 6.29 Å². The van der Waals surface area contributed by atoms with E-state index in [2.05, 4.69) is 18.8 Å². The Kier molecular flexibility index (Phi) is 5.72. The first-order valence-electron chi connectivity index (χ1n) is 7.75. The van der Waals surface area contributed by atoms with Gasteiger partial charge in [0.2, 0.25) is 0 Å². The Bertz CT molecular complexity index is 751. The van der Waals surface area contributed by atoms with Gasteiger partial charge in [-0.1, -0.05) is 13.8 Å². The zero-order valence-corrected chi connectivity index (χ0v) is 15.4. The number of aromatic nitrogens is 1. The summed E-state index contributed by atoms with van der Waals surface area (Å²) >= 11 is 1.33. The van der Waals surface area contributed by atoms with Crippen LogP contribution in [0.3, 0.4) is 0 Å². The fraction of sp³-hybridized carbons (Fsp3) is 0.389. The van der Waals surface area contributed by atoms with Gasteiger partial charge >= 0.3 is 0 Å². The Morgan fingerprint density at radius 3 is 2.67 bits per heavy atom. The number of carbonyl (C=O) groups excluding carboxylic acids is 2. The van der Waals surface area contributed by atoms with E-state index in [1.807, 2.05) is 13.0 Å². The highest BCUT2D eigenvalue weighted by Crippen LogP contribution is 2.31. The quantitative estimate of drug-likeness (QED) is 0.749. The zero-order valence-electron chi connectivity index (χ0n) is 14.6. The SMILES string of the molecule is Cc1nc(-c2ccc(OCC(C)C)c(C=O)c2)sc1C(=O)N(C)C. The van der Waals surface area contributed by atoms with Gasteiger partial charge in [-0.25, -0.2) is 4.98 Å². The van der Waals surface area contributed by atoms with E-state index in [1.165, 1.54) is 16.2 Å². The summed E-state index contributed by atoms with van der Waals surface area (Å²) in [5.41, 5.74) is 1.99. The van der Waals surface area contributed by atoms with E-state index in [4.69, 9.17) is 4.74 Å². The number of benzene rings is 1. The smallest absolute Gasteiger partial charge is 0.265 e. The molecule has 1 heterocycles. The van der Waals surface area contributed by atoms with E-state index in [-0.39, 0.29) is 5.91 Å². The standard InChI is InChI=1S/C18H22N2O3S/c1-11(2)10-23-15-7-6-13(8-14(15)9-21)17-19-12(3)16(24-17)18(22)20(4)5/h6-9,11H,10H2,1-5H3. The molecule has 0 aliphatic rings. The minimum Gasteiger partial charge on any atom is -0.493 e. The highest BCUT2D eigenvalue weighted by molar-refractivity contribution is 7.17. The number of aldehydes is 1. The van der Waals surface area contributed by atoms with Crippen LogP contribution in [0, 0.1) is 12.8 Å². The molecule has 0 bridgehead atoms. The fourth-order valence-corrected chi connectivity index (χ4v) is 3.17. The summed E-state index contributed by atoms with van der Waals surface area (Å²) in [5.74, 6) is 0.884. The van der Waals surface area contributed by atoms with Crippen LogP contribution in [0.1, 0.15) is 39.6 Å². The van der Waals surface area contributed by atoms with Gasteiger partial charge in [0, 0.05) is 19.7 Å². The van der Waals surface area contributed by atoms with E-state index < -0.39 is 0 Å². The molecule has 0 radical (unpaired) electrons. The third-order valence-electron chi connectivity index (χ3n) is 3.35. The van der Waals surface area contributed by atoms with Crippen molar-refractivity contribution in [3.8, 4) is 16.3 Å². The Hall–Kier alpha value is -2.21. The van der Waals surface area contributed by atoms with Crippen LogP contribution in [-0.4, -0.2) is 42.8 Å². The summed E-state index contributed by atoms with van der Waals surface area (Å²) in [7, 11) is 3.43. The molecule has 1 aromatic heterocycles. The number of hydrogen-bond acceptors (Lipinski definition) is 5. The molecular weight excluding hydrogens is 324 g/mol. The van der Waals surface area contributed by atoms with Gasteiger partial charge in [0.05, 0.1) is 17.9 Å². The average Bonchev–Trinajstić information content (AvgIpc) is 2.93. The molecule has 0 saturated heterocycles. The molecule has 1 amide bonds. The summed E-state index contributed by atoms with van der Waals surface area (Å²) in [6.07, 6.45) is 0.783. The summed E-state index contributed by atoms with van der Waals surface area (Å²) in [6, 6.07) is 5.40. The van der Waals surface area contributed by atoms with Gasteiger partial charge < -0.3 is 9.64 Å². The third-order valence-corrected chi connectivity index (χ3v) is 4.55. The predicted octanol–water partition coefficient (Wildman–Crippen LogP) is 3.67. The van der Waals surface area contributed by atoms with Crippen LogP contribution in [0.2, 0.25) is 0 Å². The minimum absolute atomic E-state index is 0.0660. The maximum absolute atomic E-state index is 12.2. The molecule has 0 aliphatic heterocycles. The molecule has 0 unspecified atom stereocenters. The molecule has 1 aromatic carbocycles. The van der Waals surface area contributed by atoms with E-state index in [0.29, 0.717) is 34.4 Å². The zero-order chi connectivity index (χ0) is 17.9. The van der Waals surface area contributed by atoms with Crippen molar-refractivity contribution in [2.45, 2.75) is 20.8 Å². The number of hydrogen-bond donors (Lipinski definition) is 0. The second-order valence-electron chi connectivity index (χ2n) is 6.21. The van der Waals surface area contributed by atoms with Gasteiger partial charge in [-0.05, 0) is 31.0 Å². The first-order chi connectivity index (χ1) is 11.3. The van der Waals surface area contributed by atoms with Crippen LogP contribution in [0.5, 0.6) is 5.75 Å². The van der Waals surface area contributed by atoms with Crippen molar-refractivity contribution in [3.63, 3.8) is 0 Å². The lowest BCUT2D eigenvalue weighted by Crippen LogP contribution is -2.21. The second kappa shape index (κ2) is 7.57. The molecule has 0 atom stereocenters. The predicted molar refractivity (Wildman–Crippen MR) is 96.0 cm³/mol. The molecule has 2 aromatic rings. The maximum Gasteiger partial charge on any atom is 0.265 e. The van der Waals surface area contributed by atoms with Crippen LogP contribution in [-0.2, 0) is 0 Å². The second-order valence-corrected chi connectivity index (χ2v) is 7.21. The number of rotatable bonds is 6. The lowest BCUT2D eigenvalue weighted by molar-refractivity contribution is 0.0831. The Labute approximate surface area is 146 Å². The first kappa shape index (κ1) is 18.1. The molecule has 0 saturated carbocycles. The lowest BCUT2D eigenvalue weighted by Gasteiger charge is -2.11. The summed E-state index contributed by atoms with van der Waals surface area (Å²) in [5, 5.41) is 0.719. The van der Waals surface area contributed by atoms with Crippen molar-refractivity contribution < 1.29 is 14.3 Å². The third kappa shape index (κ3) is 4.00. The lowest BCUT2D eigenvalue weighted by atomic mass is 10.1. The van der Waals surface area contributed by atoms with Gasteiger partial charge in [-0.2, -0.15) is 0 Å². The summed E-state index contributed by atoms with van der Waals surface area (Å²) in [4.78, 5) is 30.1. The van der Waals surface area contributed by atoms with Gasteiger partial charge in [0.25, 0.3) is 5.91 Å². The average molecular weight is 346 g/mol. The minimum atomic E-state index is -0.0660. The number of carbonyl (C=O) groups is 2. The Morgan fingerprint density at radius 2 is 2.08 bits per heavy atom. The fourth-order valence-electron chi connectivity index (χ4n) is 2.08. The molecule has 0 spiro atoms. The molecule has 24 heavy (non-hydrogen) atoms. The first-order valence-corrected chi connectivity index (χ1v) is 8.56. The number of nitrogens with zero attached hydrogens (tertiary/aromatic N) is 2. The van der Waals surface area contributed by atoms with E-state index in [1.54, 1.807) is 26.2 Å². The number of ether oxygens (including phenoxy) is 1.